The predicted molar refractivity (Wildman–Crippen MR) is 156 cm³/mol. The van der Waals surface area contributed by atoms with E-state index in [1.807, 2.05) is 66.7 Å². The van der Waals surface area contributed by atoms with Crippen molar-refractivity contribution in [3.8, 4) is 11.1 Å². The Balaban J connectivity index is 1.34. The molecule has 1 unspecified atom stereocenters. The largest absolute Gasteiger partial charge is 0.480 e. The van der Waals surface area contributed by atoms with Crippen molar-refractivity contribution in [1.82, 2.24) is 15.5 Å². The van der Waals surface area contributed by atoms with Crippen LogP contribution in [-0.2, 0) is 20.9 Å². The normalized spacial score (nSPS) is 19.2. The van der Waals surface area contributed by atoms with Crippen LogP contribution in [0.3, 0.4) is 0 Å². The van der Waals surface area contributed by atoms with E-state index in [2.05, 4.69) is 27.7 Å². The Labute approximate surface area is 240 Å². The summed E-state index contributed by atoms with van der Waals surface area (Å²) in [6, 6.07) is 25.0. The number of fused-ring (bicyclic) bond motifs is 3. The maximum absolute atomic E-state index is 13.8. The van der Waals surface area contributed by atoms with E-state index in [4.69, 9.17) is 4.74 Å². The molecule has 2 atom stereocenters. The average molecular weight is 556 g/mol. The first kappa shape index (κ1) is 28.4. The summed E-state index contributed by atoms with van der Waals surface area (Å²) < 4.78 is 5.79. The van der Waals surface area contributed by atoms with Crippen molar-refractivity contribution in [2.45, 2.75) is 51.2 Å². The van der Waals surface area contributed by atoms with Gasteiger partial charge in [0.05, 0.1) is 0 Å². The third-order valence-electron chi connectivity index (χ3n) is 8.11. The van der Waals surface area contributed by atoms with Gasteiger partial charge in [-0.1, -0.05) is 99.6 Å². The summed E-state index contributed by atoms with van der Waals surface area (Å²) in [6.45, 7) is 6.78. The van der Waals surface area contributed by atoms with E-state index in [9.17, 15) is 19.5 Å². The first-order chi connectivity index (χ1) is 19.6. The molecule has 8 heteroatoms. The molecule has 1 saturated heterocycles. The number of ether oxygens (including phenoxy) is 1. The van der Waals surface area contributed by atoms with Gasteiger partial charge in [-0.2, -0.15) is 0 Å². The summed E-state index contributed by atoms with van der Waals surface area (Å²) >= 11 is 0. The number of hydrogen-bond donors (Lipinski definition) is 3. The van der Waals surface area contributed by atoms with Crippen LogP contribution in [-0.4, -0.2) is 59.3 Å². The number of carbonyl (C=O) groups is 3. The van der Waals surface area contributed by atoms with Crippen LogP contribution in [0.4, 0.5) is 4.79 Å². The number of likely N-dealkylation sites (tertiary alicyclic amines) is 1. The number of carboxylic acids is 1. The molecule has 8 nitrogen and oxygen atoms in total. The van der Waals surface area contributed by atoms with Crippen LogP contribution >= 0.6 is 0 Å². The topological polar surface area (TPSA) is 108 Å². The molecule has 0 aromatic heterocycles. The smallest absolute Gasteiger partial charge is 0.408 e. The maximum Gasteiger partial charge on any atom is 0.408 e. The van der Waals surface area contributed by atoms with Gasteiger partial charge in [0, 0.05) is 25.6 Å². The highest BCUT2D eigenvalue weighted by atomic mass is 16.5. The number of aliphatic carboxylic acids is 1. The second kappa shape index (κ2) is 11.4. The Morgan fingerprint density at radius 1 is 0.951 bits per heavy atom. The maximum atomic E-state index is 13.8. The van der Waals surface area contributed by atoms with E-state index in [0.717, 1.165) is 27.8 Å². The van der Waals surface area contributed by atoms with E-state index >= 15 is 0 Å². The highest BCUT2D eigenvalue weighted by Crippen LogP contribution is 2.44. The van der Waals surface area contributed by atoms with Crippen LogP contribution in [0.1, 0.15) is 49.8 Å². The zero-order chi connectivity index (χ0) is 29.2. The number of alkyl carbamates (subject to hydrolysis) is 1. The molecule has 1 fully saturated rings. The minimum Gasteiger partial charge on any atom is -0.480 e. The van der Waals surface area contributed by atoms with Crippen LogP contribution in [0.25, 0.3) is 11.1 Å². The van der Waals surface area contributed by atoms with Gasteiger partial charge in [0.1, 0.15) is 18.2 Å². The van der Waals surface area contributed by atoms with Crippen LogP contribution in [0.5, 0.6) is 0 Å². The van der Waals surface area contributed by atoms with Crippen LogP contribution in [0.2, 0.25) is 0 Å². The van der Waals surface area contributed by atoms with Crippen molar-refractivity contribution in [1.29, 1.82) is 0 Å². The fourth-order valence-electron chi connectivity index (χ4n) is 5.96. The third-order valence-corrected chi connectivity index (χ3v) is 8.11. The Bertz CT molecular complexity index is 1390. The Kier molecular flexibility index (Phi) is 7.87. The lowest BCUT2D eigenvalue weighted by molar-refractivity contribution is -0.146. The molecule has 0 saturated carbocycles. The number of nitrogens with one attached hydrogen (secondary N) is 2. The average Bonchev–Trinajstić information content (AvgIpc) is 3.49. The first-order valence-electron chi connectivity index (χ1n) is 14.0. The van der Waals surface area contributed by atoms with Crippen molar-refractivity contribution < 1.29 is 24.2 Å². The second-order valence-corrected chi connectivity index (χ2v) is 12.1. The molecule has 0 bridgehead atoms. The number of carbonyl (C=O) groups excluding carboxylic acids is 2. The van der Waals surface area contributed by atoms with E-state index in [-0.39, 0.29) is 19.1 Å². The summed E-state index contributed by atoms with van der Waals surface area (Å²) in [5.41, 5.74) is 3.47. The third kappa shape index (κ3) is 5.98. The van der Waals surface area contributed by atoms with Gasteiger partial charge in [-0.3, -0.25) is 9.69 Å². The number of benzene rings is 3. The number of amides is 2. The molecule has 1 aliphatic heterocycles. The molecule has 214 valence electrons. The Hall–Kier alpha value is -4.17. The van der Waals surface area contributed by atoms with Gasteiger partial charge in [0.15, 0.2) is 0 Å². The van der Waals surface area contributed by atoms with Crippen LogP contribution in [0, 0.1) is 5.41 Å². The molecular formula is C33H37N3O5. The van der Waals surface area contributed by atoms with E-state index in [1.165, 1.54) is 0 Å². The molecule has 0 spiro atoms. The van der Waals surface area contributed by atoms with Crippen molar-refractivity contribution in [2.75, 3.05) is 19.7 Å². The molecule has 2 amide bonds. The highest BCUT2D eigenvalue weighted by Gasteiger charge is 2.48. The molecule has 1 aliphatic carbocycles. The summed E-state index contributed by atoms with van der Waals surface area (Å²) in [7, 11) is 0. The molecule has 1 heterocycles. The molecule has 41 heavy (non-hydrogen) atoms. The summed E-state index contributed by atoms with van der Waals surface area (Å²) in [5, 5.41) is 15.4. The van der Waals surface area contributed by atoms with Crippen molar-refractivity contribution in [2.24, 2.45) is 5.41 Å². The van der Waals surface area contributed by atoms with Gasteiger partial charge in [-0.05, 0) is 39.7 Å². The summed E-state index contributed by atoms with van der Waals surface area (Å²) in [6.07, 6.45) is -0.377. The minimum atomic E-state index is -1.34. The van der Waals surface area contributed by atoms with Crippen LogP contribution < -0.4 is 10.6 Å². The lowest BCUT2D eigenvalue weighted by atomic mass is 9.85. The molecule has 0 radical (unpaired) electrons. The van der Waals surface area contributed by atoms with Crippen LogP contribution in [0.15, 0.2) is 78.9 Å². The van der Waals surface area contributed by atoms with Gasteiger partial charge >= 0.3 is 12.1 Å². The standard InChI is InChI=1S/C33H37N3O5/c1-32(2,3)28(29(37)38)34-30(39)33(17-18-36(21-33)19-22-11-5-4-6-12-22)35-31(40)41-20-27-25-15-9-7-13-23(25)24-14-8-10-16-26(24)27/h4-16,27-28H,17-21H2,1-3H3,(H,34,39)(H,35,40)(H,37,38)/t28-,33?/m0/s1. The zero-order valence-corrected chi connectivity index (χ0v) is 23.7. The van der Waals surface area contributed by atoms with Crippen molar-refractivity contribution in [3.63, 3.8) is 0 Å². The van der Waals surface area contributed by atoms with Gasteiger partial charge in [0.25, 0.3) is 0 Å². The second-order valence-electron chi connectivity index (χ2n) is 12.1. The molecule has 3 N–H and O–H groups in total. The molecule has 5 rings (SSSR count). The lowest BCUT2D eigenvalue weighted by Gasteiger charge is -2.34. The van der Waals surface area contributed by atoms with Gasteiger partial charge in [-0.25, -0.2) is 9.59 Å². The van der Waals surface area contributed by atoms with Gasteiger partial charge in [-0.15, -0.1) is 0 Å². The van der Waals surface area contributed by atoms with Gasteiger partial charge in [0.2, 0.25) is 5.91 Å². The zero-order valence-electron chi connectivity index (χ0n) is 23.7. The number of carboxylic acid groups (broad SMARTS) is 1. The number of rotatable bonds is 8. The minimum absolute atomic E-state index is 0.116. The summed E-state index contributed by atoms with van der Waals surface area (Å²) in [4.78, 5) is 41.2. The first-order valence-corrected chi connectivity index (χ1v) is 14.0. The van der Waals surface area contributed by atoms with E-state index in [0.29, 0.717) is 19.5 Å². The monoisotopic (exact) mass is 555 g/mol. The molecule has 2 aliphatic rings. The van der Waals surface area contributed by atoms with Crippen molar-refractivity contribution in [3.05, 3.63) is 95.6 Å². The Morgan fingerprint density at radius 3 is 2.12 bits per heavy atom. The molecular weight excluding hydrogens is 518 g/mol. The molecule has 3 aromatic carbocycles. The fourth-order valence-corrected chi connectivity index (χ4v) is 5.96. The number of hydrogen-bond acceptors (Lipinski definition) is 5. The lowest BCUT2D eigenvalue weighted by Crippen LogP contribution is -2.64. The summed E-state index contributed by atoms with van der Waals surface area (Å²) in [5.74, 6) is -1.77. The molecule has 3 aromatic rings. The predicted octanol–water partition coefficient (Wildman–Crippen LogP) is 4.79. The highest BCUT2D eigenvalue weighted by molar-refractivity contribution is 5.93. The SMILES string of the molecule is CC(C)(C)[C@@H](NC(=O)C1(NC(=O)OCC2c3ccccc3-c3ccccc32)CCN(Cc2ccccc2)C1)C(=O)O. The Morgan fingerprint density at radius 2 is 1.54 bits per heavy atom. The fraction of sp³-hybridized carbons (Fsp3) is 0.364. The van der Waals surface area contributed by atoms with Crippen molar-refractivity contribution >= 4 is 18.0 Å². The quantitative estimate of drug-likeness (QED) is 0.369. The van der Waals surface area contributed by atoms with E-state index < -0.39 is 35.0 Å². The van der Waals surface area contributed by atoms with Gasteiger partial charge < -0.3 is 20.5 Å². The number of nitrogens with zero attached hydrogens (tertiary/aromatic N) is 1. The van der Waals surface area contributed by atoms with E-state index in [1.54, 1.807) is 20.8 Å².